The maximum absolute atomic E-state index is 4.76. The summed E-state index contributed by atoms with van der Waals surface area (Å²) in [6.07, 6.45) is 0. The van der Waals surface area contributed by atoms with Crippen LogP contribution in [0.3, 0.4) is 0 Å². The number of aromatic nitrogens is 2. The second-order valence-corrected chi connectivity index (χ2v) is 5.84. The van der Waals surface area contributed by atoms with E-state index in [1.54, 1.807) is 0 Å². The van der Waals surface area contributed by atoms with Crippen LogP contribution in [-0.2, 0) is 6.54 Å². The summed E-state index contributed by atoms with van der Waals surface area (Å²) in [5.41, 5.74) is 4.11. The molecule has 0 radical (unpaired) electrons. The summed E-state index contributed by atoms with van der Waals surface area (Å²) in [4.78, 5) is 9.49. The van der Waals surface area contributed by atoms with Gasteiger partial charge < -0.3 is 5.32 Å². The minimum atomic E-state index is 0.422. The van der Waals surface area contributed by atoms with Crippen molar-refractivity contribution in [2.75, 3.05) is 0 Å². The van der Waals surface area contributed by atoms with Gasteiger partial charge in [0.25, 0.3) is 0 Å². The van der Waals surface area contributed by atoms with E-state index in [1.807, 2.05) is 48.5 Å². The van der Waals surface area contributed by atoms with Gasteiger partial charge in [-0.1, -0.05) is 74.5 Å². The van der Waals surface area contributed by atoms with E-state index in [1.165, 1.54) is 0 Å². The molecule has 23 heavy (non-hydrogen) atoms. The van der Waals surface area contributed by atoms with Crippen molar-refractivity contribution in [2.24, 2.45) is 0 Å². The first-order valence-electron chi connectivity index (χ1n) is 7.94. The SMILES string of the molecule is CC(C)NCc1cc(-c2ccccc2)nc(-c2ccccc2)n1. The number of rotatable bonds is 5. The van der Waals surface area contributed by atoms with Gasteiger partial charge in [-0.3, -0.25) is 0 Å². The molecule has 3 heteroatoms. The van der Waals surface area contributed by atoms with Crippen molar-refractivity contribution in [1.82, 2.24) is 15.3 Å². The molecular weight excluding hydrogens is 282 g/mol. The predicted octanol–water partition coefficient (Wildman–Crippen LogP) is 4.31. The highest BCUT2D eigenvalue weighted by atomic mass is 15.0. The molecule has 1 heterocycles. The van der Waals surface area contributed by atoms with Crippen LogP contribution in [0.4, 0.5) is 0 Å². The van der Waals surface area contributed by atoms with Gasteiger partial charge in [0.1, 0.15) is 0 Å². The lowest BCUT2D eigenvalue weighted by Crippen LogP contribution is -2.22. The molecule has 0 fully saturated rings. The molecule has 1 N–H and O–H groups in total. The molecule has 116 valence electrons. The normalized spacial score (nSPS) is 10.9. The average Bonchev–Trinajstić information content (AvgIpc) is 2.61. The third kappa shape index (κ3) is 4.02. The summed E-state index contributed by atoms with van der Waals surface area (Å²) in [5.74, 6) is 0.771. The second-order valence-electron chi connectivity index (χ2n) is 5.84. The standard InChI is InChI=1S/C20H21N3/c1-15(2)21-14-18-13-19(16-9-5-3-6-10-16)23-20(22-18)17-11-7-4-8-12-17/h3-13,15,21H,14H2,1-2H3. The van der Waals surface area contributed by atoms with Gasteiger partial charge in [-0.05, 0) is 6.07 Å². The molecule has 2 aromatic carbocycles. The summed E-state index contributed by atoms with van der Waals surface area (Å²) in [6, 6.07) is 22.9. The first-order valence-corrected chi connectivity index (χ1v) is 7.94. The predicted molar refractivity (Wildman–Crippen MR) is 94.9 cm³/mol. The van der Waals surface area contributed by atoms with Crippen LogP contribution in [0.1, 0.15) is 19.5 Å². The minimum Gasteiger partial charge on any atom is -0.309 e. The van der Waals surface area contributed by atoms with Gasteiger partial charge in [-0.15, -0.1) is 0 Å². The Balaban J connectivity index is 2.03. The Morgan fingerprint density at radius 3 is 2.04 bits per heavy atom. The molecule has 0 saturated carbocycles. The summed E-state index contributed by atoms with van der Waals surface area (Å²) >= 11 is 0. The Kier molecular flexibility index (Phi) is 4.79. The molecule has 0 aliphatic heterocycles. The van der Waals surface area contributed by atoms with Gasteiger partial charge in [-0.25, -0.2) is 9.97 Å². The van der Waals surface area contributed by atoms with Crippen LogP contribution in [-0.4, -0.2) is 16.0 Å². The van der Waals surface area contributed by atoms with Crippen LogP contribution in [0.25, 0.3) is 22.6 Å². The fourth-order valence-corrected chi connectivity index (χ4v) is 2.37. The molecule has 0 bridgehead atoms. The van der Waals surface area contributed by atoms with E-state index in [0.29, 0.717) is 6.04 Å². The third-order valence-corrected chi connectivity index (χ3v) is 3.57. The summed E-state index contributed by atoms with van der Waals surface area (Å²) in [7, 11) is 0. The number of benzene rings is 2. The van der Waals surface area contributed by atoms with E-state index < -0.39 is 0 Å². The molecule has 0 aliphatic rings. The number of nitrogens with zero attached hydrogens (tertiary/aromatic N) is 2. The fourth-order valence-electron chi connectivity index (χ4n) is 2.37. The Morgan fingerprint density at radius 2 is 1.43 bits per heavy atom. The topological polar surface area (TPSA) is 37.8 Å². The van der Waals surface area contributed by atoms with Gasteiger partial charge in [-0.2, -0.15) is 0 Å². The maximum atomic E-state index is 4.76. The van der Waals surface area contributed by atoms with Crippen molar-refractivity contribution in [3.63, 3.8) is 0 Å². The Morgan fingerprint density at radius 1 is 0.826 bits per heavy atom. The van der Waals surface area contributed by atoms with Crippen LogP contribution < -0.4 is 5.32 Å². The molecule has 0 aliphatic carbocycles. The number of hydrogen-bond acceptors (Lipinski definition) is 3. The highest BCUT2D eigenvalue weighted by molar-refractivity contribution is 5.64. The lowest BCUT2D eigenvalue weighted by Gasteiger charge is -2.11. The van der Waals surface area contributed by atoms with Crippen LogP contribution in [0.15, 0.2) is 66.7 Å². The largest absolute Gasteiger partial charge is 0.309 e. The third-order valence-electron chi connectivity index (χ3n) is 3.57. The quantitative estimate of drug-likeness (QED) is 0.763. The molecule has 3 aromatic rings. The minimum absolute atomic E-state index is 0.422. The first-order chi connectivity index (χ1) is 11.2. The maximum Gasteiger partial charge on any atom is 0.160 e. The zero-order chi connectivity index (χ0) is 16.1. The molecule has 0 spiro atoms. The van der Waals surface area contributed by atoms with E-state index in [-0.39, 0.29) is 0 Å². The molecule has 0 unspecified atom stereocenters. The summed E-state index contributed by atoms with van der Waals surface area (Å²) in [6.45, 7) is 5.01. The van der Waals surface area contributed by atoms with Crippen molar-refractivity contribution in [3.8, 4) is 22.6 Å². The molecule has 0 atom stereocenters. The van der Waals surface area contributed by atoms with Crippen LogP contribution >= 0.6 is 0 Å². The molecule has 3 rings (SSSR count). The molecular formula is C20H21N3. The average molecular weight is 303 g/mol. The van der Waals surface area contributed by atoms with Crippen molar-refractivity contribution < 1.29 is 0 Å². The van der Waals surface area contributed by atoms with Gasteiger partial charge in [0.05, 0.1) is 11.4 Å². The Hall–Kier alpha value is -2.52. The highest BCUT2D eigenvalue weighted by Gasteiger charge is 2.08. The summed E-state index contributed by atoms with van der Waals surface area (Å²) in [5, 5.41) is 3.43. The van der Waals surface area contributed by atoms with Crippen LogP contribution in [0.5, 0.6) is 0 Å². The Labute approximate surface area is 137 Å². The Bertz CT molecular complexity index is 695. The monoisotopic (exact) mass is 303 g/mol. The van der Waals surface area contributed by atoms with Crippen molar-refractivity contribution >= 4 is 0 Å². The summed E-state index contributed by atoms with van der Waals surface area (Å²) < 4.78 is 0. The van der Waals surface area contributed by atoms with Gasteiger partial charge in [0.2, 0.25) is 0 Å². The second kappa shape index (κ2) is 7.16. The van der Waals surface area contributed by atoms with Crippen molar-refractivity contribution in [1.29, 1.82) is 0 Å². The number of hydrogen-bond donors (Lipinski definition) is 1. The number of nitrogens with one attached hydrogen (secondary N) is 1. The lowest BCUT2D eigenvalue weighted by molar-refractivity contribution is 0.581. The van der Waals surface area contributed by atoms with E-state index in [4.69, 9.17) is 9.97 Å². The van der Waals surface area contributed by atoms with E-state index in [9.17, 15) is 0 Å². The molecule has 0 amide bonds. The lowest BCUT2D eigenvalue weighted by atomic mass is 10.1. The van der Waals surface area contributed by atoms with Gasteiger partial charge >= 0.3 is 0 Å². The zero-order valence-electron chi connectivity index (χ0n) is 13.5. The van der Waals surface area contributed by atoms with E-state index in [0.717, 1.165) is 34.9 Å². The van der Waals surface area contributed by atoms with Crippen molar-refractivity contribution in [3.05, 3.63) is 72.4 Å². The molecule has 1 aromatic heterocycles. The fraction of sp³-hybridized carbons (Fsp3) is 0.200. The first kappa shape index (κ1) is 15.4. The zero-order valence-corrected chi connectivity index (χ0v) is 13.5. The molecule has 0 saturated heterocycles. The van der Waals surface area contributed by atoms with Crippen molar-refractivity contribution in [2.45, 2.75) is 26.4 Å². The van der Waals surface area contributed by atoms with Crippen LogP contribution in [0.2, 0.25) is 0 Å². The smallest absolute Gasteiger partial charge is 0.160 e. The highest BCUT2D eigenvalue weighted by Crippen LogP contribution is 2.22. The van der Waals surface area contributed by atoms with E-state index in [2.05, 4.69) is 37.4 Å². The van der Waals surface area contributed by atoms with Gasteiger partial charge in [0, 0.05) is 23.7 Å². The van der Waals surface area contributed by atoms with Gasteiger partial charge in [0.15, 0.2) is 5.82 Å². The molecule has 3 nitrogen and oxygen atoms in total. The van der Waals surface area contributed by atoms with Crippen LogP contribution in [0, 0.1) is 0 Å². The van der Waals surface area contributed by atoms with E-state index >= 15 is 0 Å².